The molecule has 3 aromatic rings. The number of fused-ring (bicyclic) bond motifs is 3. The Morgan fingerprint density at radius 1 is 0.923 bits per heavy atom. The molecule has 2 aromatic heterocycles. The molecule has 0 fully saturated rings. The van der Waals surface area contributed by atoms with Crippen molar-refractivity contribution in [1.29, 1.82) is 0 Å². The Balaban J connectivity index is 2.64. The van der Waals surface area contributed by atoms with Crippen molar-refractivity contribution < 1.29 is 0 Å². The van der Waals surface area contributed by atoms with Gasteiger partial charge in [0.25, 0.3) is 0 Å². The lowest BCUT2D eigenvalue weighted by Crippen LogP contribution is -1.61. The van der Waals surface area contributed by atoms with Gasteiger partial charge in [-0.2, -0.15) is 0 Å². The van der Waals surface area contributed by atoms with Gasteiger partial charge in [0.05, 0.1) is 5.39 Å². The van der Waals surface area contributed by atoms with Gasteiger partial charge in [-0.15, -0.1) is 11.3 Å². The van der Waals surface area contributed by atoms with Crippen molar-refractivity contribution in [3.8, 4) is 0 Å². The molecule has 0 amide bonds. The first-order valence-electron chi connectivity index (χ1n) is 4.12. The van der Waals surface area contributed by atoms with E-state index in [1.807, 2.05) is 11.3 Å². The summed E-state index contributed by atoms with van der Waals surface area (Å²) in [4.78, 5) is 0. The number of benzene rings is 1. The van der Waals surface area contributed by atoms with Gasteiger partial charge in [-0.3, -0.25) is 0 Å². The molecule has 0 nitrogen and oxygen atoms in total. The number of hydrogen-bond acceptors (Lipinski definition) is 1. The standard InChI is InChI=1S/C11H7S2/c1-2-4-10-8(3-1)9-7-12-6-5-11(9)13-10/h1-7H/q+1. The van der Waals surface area contributed by atoms with E-state index in [1.54, 1.807) is 11.3 Å². The van der Waals surface area contributed by atoms with Crippen molar-refractivity contribution in [3.63, 3.8) is 0 Å². The highest BCUT2D eigenvalue weighted by molar-refractivity contribution is 7.26. The Morgan fingerprint density at radius 2 is 1.77 bits per heavy atom. The molecule has 0 aliphatic heterocycles. The first-order chi connectivity index (χ1) is 6.45. The van der Waals surface area contributed by atoms with Crippen molar-refractivity contribution in [2.45, 2.75) is 0 Å². The van der Waals surface area contributed by atoms with Crippen LogP contribution < -0.4 is 0 Å². The summed E-state index contributed by atoms with van der Waals surface area (Å²) in [6.07, 6.45) is 0. The fourth-order valence-corrected chi connectivity index (χ4v) is 3.47. The minimum Gasteiger partial charge on any atom is -0.135 e. The summed E-state index contributed by atoms with van der Waals surface area (Å²) < 4.78 is 2.77. The Morgan fingerprint density at radius 3 is 2.77 bits per heavy atom. The summed E-state index contributed by atoms with van der Waals surface area (Å²) in [7, 11) is 0. The predicted octanol–water partition coefficient (Wildman–Crippen LogP) is 4.40. The predicted molar refractivity (Wildman–Crippen MR) is 61.6 cm³/mol. The van der Waals surface area contributed by atoms with Crippen LogP contribution in [0.4, 0.5) is 0 Å². The molecule has 0 aliphatic carbocycles. The maximum absolute atomic E-state index is 2.23. The lowest BCUT2D eigenvalue weighted by Gasteiger charge is -1.84. The quantitative estimate of drug-likeness (QED) is 0.475. The van der Waals surface area contributed by atoms with Crippen molar-refractivity contribution in [2.75, 3.05) is 0 Å². The second-order valence-electron chi connectivity index (χ2n) is 2.93. The van der Waals surface area contributed by atoms with E-state index >= 15 is 0 Å². The highest BCUT2D eigenvalue weighted by Crippen LogP contribution is 2.33. The molecule has 0 atom stereocenters. The smallest absolute Gasteiger partial charge is 0.135 e. The molecule has 0 bridgehead atoms. The zero-order chi connectivity index (χ0) is 8.67. The van der Waals surface area contributed by atoms with E-state index < -0.39 is 0 Å². The molecule has 0 aliphatic rings. The van der Waals surface area contributed by atoms with Crippen LogP contribution in [0.25, 0.3) is 20.2 Å². The Bertz CT molecular complexity index is 516. The highest BCUT2D eigenvalue weighted by atomic mass is 32.1. The maximum atomic E-state index is 2.23. The van der Waals surface area contributed by atoms with Gasteiger partial charge in [0.15, 0.2) is 5.38 Å². The van der Waals surface area contributed by atoms with Crippen molar-refractivity contribution in [1.82, 2.24) is 0 Å². The van der Waals surface area contributed by atoms with Gasteiger partial charge in [0, 0.05) is 20.9 Å². The molecule has 2 heteroatoms. The molecular formula is C11H7S2+. The summed E-state index contributed by atoms with van der Waals surface area (Å²) in [5.74, 6) is 0. The van der Waals surface area contributed by atoms with Crippen LogP contribution in [0.5, 0.6) is 0 Å². The van der Waals surface area contributed by atoms with E-state index in [4.69, 9.17) is 0 Å². The van der Waals surface area contributed by atoms with Gasteiger partial charge in [-0.25, -0.2) is 0 Å². The second-order valence-corrected chi connectivity index (χ2v) is 4.80. The molecular weight excluding hydrogens is 196 g/mol. The third-order valence-corrected chi connectivity index (χ3v) is 3.96. The molecule has 62 valence electrons. The van der Waals surface area contributed by atoms with E-state index in [1.165, 1.54) is 20.2 Å². The molecule has 0 unspecified atom stereocenters. The molecule has 0 radical (unpaired) electrons. The van der Waals surface area contributed by atoms with Gasteiger partial charge in [0.2, 0.25) is 16.7 Å². The number of rotatable bonds is 0. The van der Waals surface area contributed by atoms with E-state index in [2.05, 4.69) is 41.1 Å². The topological polar surface area (TPSA) is 0 Å². The highest BCUT2D eigenvalue weighted by Gasteiger charge is 2.06. The van der Waals surface area contributed by atoms with Crippen LogP contribution in [0, 0.1) is 0 Å². The van der Waals surface area contributed by atoms with E-state index in [0.717, 1.165) is 0 Å². The Labute approximate surface area is 84.1 Å². The van der Waals surface area contributed by atoms with Crippen LogP contribution in [0.15, 0.2) is 41.1 Å². The van der Waals surface area contributed by atoms with Crippen LogP contribution in [0.1, 0.15) is 0 Å². The molecule has 0 saturated heterocycles. The molecule has 0 N–H and O–H groups in total. The summed E-state index contributed by atoms with van der Waals surface area (Å²) in [6.45, 7) is 0. The summed E-state index contributed by atoms with van der Waals surface area (Å²) in [5, 5.41) is 7.15. The molecule has 0 spiro atoms. The van der Waals surface area contributed by atoms with Crippen LogP contribution in [-0.4, -0.2) is 0 Å². The molecule has 3 rings (SSSR count). The first-order valence-corrected chi connectivity index (χ1v) is 5.88. The summed E-state index contributed by atoms with van der Waals surface area (Å²) in [5.41, 5.74) is 0. The average Bonchev–Trinajstić information content (AvgIpc) is 2.56. The average molecular weight is 203 g/mol. The molecule has 2 heterocycles. The SMILES string of the molecule is c1ccc2c(c1)sc1cc[s+]cc12. The Hall–Kier alpha value is -0.990. The van der Waals surface area contributed by atoms with Crippen molar-refractivity contribution >= 4 is 42.8 Å². The number of thiophene rings is 1. The van der Waals surface area contributed by atoms with Crippen LogP contribution in [-0.2, 0) is 0 Å². The van der Waals surface area contributed by atoms with Crippen molar-refractivity contribution in [3.05, 3.63) is 41.1 Å². The van der Waals surface area contributed by atoms with Crippen LogP contribution in [0.3, 0.4) is 0 Å². The third-order valence-electron chi connectivity index (χ3n) is 2.15. The second kappa shape index (κ2) is 2.76. The Kier molecular flexibility index (Phi) is 1.57. The normalized spacial score (nSPS) is 11.1. The zero-order valence-corrected chi connectivity index (χ0v) is 8.49. The molecule has 13 heavy (non-hydrogen) atoms. The largest absolute Gasteiger partial charge is 0.212 e. The maximum Gasteiger partial charge on any atom is 0.212 e. The minimum atomic E-state index is 1.39. The van der Waals surface area contributed by atoms with Crippen molar-refractivity contribution in [2.24, 2.45) is 0 Å². The fourth-order valence-electron chi connectivity index (χ4n) is 1.54. The lowest BCUT2D eigenvalue weighted by atomic mass is 10.2. The van der Waals surface area contributed by atoms with Gasteiger partial charge in [-0.05, 0) is 6.07 Å². The monoisotopic (exact) mass is 203 g/mol. The van der Waals surface area contributed by atoms with Crippen LogP contribution >= 0.6 is 22.7 Å². The molecule has 0 saturated carbocycles. The van der Waals surface area contributed by atoms with Gasteiger partial charge in [-0.1, -0.05) is 18.2 Å². The van der Waals surface area contributed by atoms with Gasteiger partial charge in [0.1, 0.15) is 0 Å². The van der Waals surface area contributed by atoms with Crippen LogP contribution in [0.2, 0.25) is 0 Å². The first kappa shape index (κ1) is 7.42. The van der Waals surface area contributed by atoms with E-state index in [9.17, 15) is 0 Å². The van der Waals surface area contributed by atoms with E-state index in [-0.39, 0.29) is 0 Å². The van der Waals surface area contributed by atoms with E-state index in [0.29, 0.717) is 0 Å². The molecule has 1 aromatic carbocycles. The van der Waals surface area contributed by atoms with Gasteiger partial charge >= 0.3 is 0 Å². The lowest BCUT2D eigenvalue weighted by molar-refractivity contribution is 1.87. The number of hydrogen-bond donors (Lipinski definition) is 0. The fraction of sp³-hybridized carbons (Fsp3) is 0. The minimum absolute atomic E-state index is 1.39. The third kappa shape index (κ3) is 1.06. The summed E-state index contributed by atoms with van der Waals surface area (Å²) >= 11 is 3.63. The zero-order valence-electron chi connectivity index (χ0n) is 6.86. The summed E-state index contributed by atoms with van der Waals surface area (Å²) in [6, 6.07) is 10.8. The van der Waals surface area contributed by atoms with Gasteiger partial charge < -0.3 is 0 Å².